The summed E-state index contributed by atoms with van der Waals surface area (Å²) in [6, 6.07) is 5.64. The van der Waals surface area contributed by atoms with Crippen LogP contribution in [0.2, 0.25) is 0 Å². The van der Waals surface area contributed by atoms with Crippen LogP contribution in [0.15, 0.2) is 29.2 Å². The van der Waals surface area contributed by atoms with E-state index in [1.165, 1.54) is 28.6 Å². The number of aliphatic hydroxyl groups is 1. The molecule has 0 spiro atoms. The molecule has 1 heterocycles. The minimum Gasteiger partial charge on any atom is -0.478 e. The number of rotatable bonds is 3. The second-order valence-electron chi connectivity index (χ2n) is 5.69. The van der Waals surface area contributed by atoms with E-state index in [-0.39, 0.29) is 28.8 Å². The third-order valence-corrected chi connectivity index (χ3v) is 6.41. The second kappa shape index (κ2) is 5.08. The number of carboxylic acids is 1. The van der Waals surface area contributed by atoms with E-state index in [9.17, 15) is 18.3 Å². The van der Waals surface area contributed by atoms with Crippen LogP contribution in [0, 0.1) is 11.8 Å². The Morgan fingerprint density at radius 1 is 1.19 bits per heavy atom. The van der Waals surface area contributed by atoms with Crippen molar-refractivity contribution in [1.29, 1.82) is 0 Å². The highest BCUT2D eigenvalue weighted by molar-refractivity contribution is 7.89. The van der Waals surface area contributed by atoms with E-state index >= 15 is 0 Å². The zero-order valence-corrected chi connectivity index (χ0v) is 12.2. The van der Waals surface area contributed by atoms with Gasteiger partial charge in [0.2, 0.25) is 10.0 Å². The molecule has 0 aromatic heterocycles. The largest absolute Gasteiger partial charge is 0.478 e. The third kappa shape index (κ3) is 2.35. The molecule has 2 N–H and O–H groups in total. The number of aromatic carboxylic acids is 1. The lowest BCUT2D eigenvalue weighted by Crippen LogP contribution is -2.32. The fourth-order valence-electron chi connectivity index (χ4n) is 3.40. The van der Waals surface area contributed by atoms with Gasteiger partial charge in [-0.25, -0.2) is 13.2 Å². The molecule has 6 nitrogen and oxygen atoms in total. The van der Waals surface area contributed by atoms with Crippen molar-refractivity contribution >= 4 is 16.0 Å². The number of carbonyl (C=O) groups is 1. The smallest absolute Gasteiger partial charge is 0.337 e. The maximum absolute atomic E-state index is 12.7. The van der Waals surface area contributed by atoms with E-state index in [2.05, 4.69) is 0 Å². The van der Waals surface area contributed by atoms with Crippen molar-refractivity contribution in [1.82, 2.24) is 4.31 Å². The van der Waals surface area contributed by atoms with Gasteiger partial charge in [0.25, 0.3) is 0 Å². The van der Waals surface area contributed by atoms with Crippen LogP contribution in [0.5, 0.6) is 0 Å². The van der Waals surface area contributed by atoms with Crippen molar-refractivity contribution in [3.8, 4) is 0 Å². The third-order valence-electron chi connectivity index (χ3n) is 4.52. The van der Waals surface area contributed by atoms with Crippen LogP contribution >= 0.6 is 0 Å². The summed E-state index contributed by atoms with van der Waals surface area (Å²) >= 11 is 0. The molecule has 1 aromatic rings. The Balaban J connectivity index is 1.94. The van der Waals surface area contributed by atoms with Crippen molar-refractivity contribution in [3.05, 3.63) is 29.8 Å². The van der Waals surface area contributed by atoms with Gasteiger partial charge in [-0.1, -0.05) is 12.1 Å². The average Bonchev–Trinajstić information content (AvgIpc) is 3.02. The molecule has 0 radical (unpaired) electrons. The monoisotopic (exact) mass is 311 g/mol. The summed E-state index contributed by atoms with van der Waals surface area (Å²) in [5.74, 6) is -1.11. The van der Waals surface area contributed by atoms with Gasteiger partial charge in [-0.3, -0.25) is 0 Å². The van der Waals surface area contributed by atoms with Crippen LogP contribution in [0.25, 0.3) is 0 Å². The van der Waals surface area contributed by atoms with E-state index in [1.807, 2.05) is 0 Å². The van der Waals surface area contributed by atoms with E-state index in [1.54, 1.807) is 0 Å². The molecule has 114 valence electrons. The minimum absolute atomic E-state index is 0.0308. The molecule has 7 heteroatoms. The van der Waals surface area contributed by atoms with Crippen molar-refractivity contribution in [2.45, 2.75) is 23.8 Å². The van der Waals surface area contributed by atoms with Gasteiger partial charge < -0.3 is 10.2 Å². The Hall–Kier alpha value is -1.44. The maximum atomic E-state index is 12.7. The van der Waals surface area contributed by atoms with Crippen LogP contribution in [0.3, 0.4) is 0 Å². The molecule has 1 saturated carbocycles. The van der Waals surface area contributed by atoms with Crippen molar-refractivity contribution in [2.75, 3.05) is 13.1 Å². The summed E-state index contributed by atoms with van der Waals surface area (Å²) in [6.45, 7) is 0.625. The normalized spacial score (nSPS) is 29.5. The van der Waals surface area contributed by atoms with Gasteiger partial charge in [-0.15, -0.1) is 0 Å². The summed E-state index contributed by atoms with van der Waals surface area (Å²) in [5, 5.41) is 19.0. The molecule has 1 aromatic carbocycles. The van der Waals surface area contributed by atoms with Gasteiger partial charge in [0.15, 0.2) is 0 Å². The number of hydrogen-bond donors (Lipinski definition) is 2. The Labute approximate surface area is 123 Å². The highest BCUT2D eigenvalue weighted by Crippen LogP contribution is 2.40. The molecule has 3 unspecified atom stereocenters. The van der Waals surface area contributed by atoms with Crippen molar-refractivity contribution in [3.63, 3.8) is 0 Å². The van der Waals surface area contributed by atoms with Crippen molar-refractivity contribution in [2.24, 2.45) is 11.8 Å². The lowest BCUT2D eigenvalue weighted by Gasteiger charge is -2.19. The van der Waals surface area contributed by atoms with E-state index in [0.717, 1.165) is 12.8 Å². The predicted molar refractivity (Wildman–Crippen MR) is 74.4 cm³/mol. The van der Waals surface area contributed by atoms with Crippen LogP contribution < -0.4 is 0 Å². The summed E-state index contributed by atoms with van der Waals surface area (Å²) in [7, 11) is -3.84. The molecular formula is C14H17NO5S. The summed E-state index contributed by atoms with van der Waals surface area (Å²) in [5.41, 5.74) is -0.213. The number of aliphatic hydroxyl groups excluding tert-OH is 1. The molecule has 2 aliphatic rings. The van der Waals surface area contributed by atoms with Gasteiger partial charge >= 0.3 is 5.97 Å². The lowest BCUT2D eigenvalue weighted by atomic mass is 10.00. The van der Waals surface area contributed by atoms with Gasteiger partial charge in [0, 0.05) is 19.0 Å². The first kappa shape index (κ1) is 14.5. The van der Waals surface area contributed by atoms with Crippen LogP contribution in [0.1, 0.15) is 23.2 Å². The fourth-order valence-corrected chi connectivity index (χ4v) is 5.12. The van der Waals surface area contributed by atoms with Gasteiger partial charge in [0.1, 0.15) is 0 Å². The Morgan fingerprint density at radius 2 is 1.90 bits per heavy atom. The zero-order valence-electron chi connectivity index (χ0n) is 11.3. The number of fused-ring (bicyclic) bond motifs is 1. The van der Waals surface area contributed by atoms with Crippen LogP contribution in [-0.4, -0.2) is 48.1 Å². The standard InChI is InChI=1S/C14H17NO5S/c16-12-6-5-9-7-15(8-11(9)12)21(19,20)13-4-2-1-3-10(13)14(17)18/h1-4,9,11-12,16H,5-8H2,(H,17,18). The zero-order chi connectivity index (χ0) is 15.2. The first-order valence-corrected chi connectivity index (χ1v) is 8.36. The molecule has 1 saturated heterocycles. The Kier molecular flexibility index (Phi) is 3.51. The number of nitrogens with zero attached hydrogens (tertiary/aromatic N) is 1. The van der Waals surface area contributed by atoms with Crippen LogP contribution in [0.4, 0.5) is 0 Å². The molecule has 2 fully saturated rings. The number of carboxylic acid groups (broad SMARTS) is 1. The topological polar surface area (TPSA) is 94.9 Å². The van der Waals surface area contributed by atoms with E-state index in [4.69, 9.17) is 5.11 Å². The van der Waals surface area contributed by atoms with E-state index in [0.29, 0.717) is 6.54 Å². The molecule has 3 atom stereocenters. The maximum Gasteiger partial charge on any atom is 0.337 e. The van der Waals surface area contributed by atoms with Crippen molar-refractivity contribution < 1.29 is 23.4 Å². The first-order chi connectivity index (χ1) is 9.91. The summed E-state index contributed by atoms with van der Waals surface area (Å²) in [6.07, 6.45) is 1.08. The van der Waals surface area contributed by atoms with Gasteiger partial charge in [-0.2, -0.15) is 4.31 Å². The summed E-state index contributed by atoms with van der Waals surface area (Å²) in [4.78, 5) is 11.0. The molecule has 1 aliphatic heterocycles. The SMILES string of the molecule is O=C(O)c1ccccc1S(=O)(=O)N1CC2CCC(O)C2C1. The highest BCUT2D eigenvalue weighted by Gasteiger charge is 2.46. The molecular weight excluding hydrogens is 294 g/mol. The van der Waals surface area contributed by atoms with Crippen LogP contribution in [-0.2, 0) is 10.0 Å². The second-order valence-corrected chi connectivity index (χ2v) is 7.60. The average molecular weight is 311 g/mol. The molecule has 0 bridgehead atoms. The molecule has 3 rings (SSSR count). The number of benzene rings is 1. The highest BCUT2D eigenvalue weighted by atomic mass is 32.2. The summed E-state index contributed by atoms with van der Waals surface area (Å²) < 4.78 is 26.7. The predicted octanol–water partition coefficient (Wildman–Crippen LogP) is 0.776. The number of sulfonamides is 1. The molecule has 21 heavy (non-hydrogen) atoms. The van der Waals surface area contributed by atoms with Gasteiger partial charge in [0.05, 0.1) is 16.6 Å². The fraction of sp³-hybridized carbons (Fsp3) is 0.500. The van der Waals surface area contributed by atoms with Gasteiger partial charge in [-0.05, 0) is 30.9 Å². The minimum atomic E-state index is -3.84. The quantitative estimate of drug-likeness (QED) is 0.860. The Morgan fingerprint density at radius 3 is 2.57 bits per heavy atom. The molecule has 0 amide bonds. The molecule has 1 aliphatic carbocycles. The Bertz CT molecular complexity index is 672. The lowest BCUT2D eigenvalue weighted by molar-refractivity contribution is 0.0692. The number of hydrogen-bond acceptors (Lipinski definition) is 4. The van der Waals surface area contributed by atoms with E-state index < -0.39 is 22.1 Å². The first-order valence-electron chi connectivity index (χ1n) is 6.92.